The molecule has 0 radical (unpaired) electrons. The summed E-state index contributed by atoms with van der Waals surface area (Å²) in [7, 11) is 1.71. The van der Waals surface area contributed by atoms with Gasteiger partial charge in [0.25, 0.3) is 0 Å². The molecule has 2 unspecified atom stereocenters. The molecule has 7 rings (SSSR count). The fourth-order valence-electron chi connectivity index (χ4n) is 5.53. The molecular formula is C26H23F2N5O. The van der Waals surface area contributed by atoms with Gasteiger partial charge >= 0.3 is 0 Å². The summed E-state index contributed by atoms with van der Waals surface area (Å²) >= 11 is 0. The van der Waals surface area contributed by atoms with Crippen molar-refractivity contribution in [3.8, 4) is 29.4 Å². The highest BCUT2D eigenvalue weighted by Gasteiger charge is 2.34. The lowest BCUT2D eigenvalue weighted by Crippen LogP contribution is -2.54. The first-order valence-electron chi connectivity index (χ1n) is 11.4. The molecule has 3 aliphatic heterocycles. The van der Waals surface area contributed by atoms with Gasteiger partial charge in [-0.1, -0.05) is 12.0 Å². The van der Waals surface area contributed by atoms with Crippen LogP contribution in [0.2, 0.25) is 0 Å². The van der Waals surface area contributed by atoms with Crippen LogP contribution < -0.4 is 10.2 Å². The summed E-state index contributed by atoms with van der Waals surface area (Å²) in [6.07, 6.45) is 10.5. The standard InChI is InChI=1S/C26H23F2N5O/c1-3-18-21(27)8-7-14-9-17(34)10-19(22(14)18)24-23(28)25-20(12-30-24)26(31-32(25)2)33-13-15-5-4-6-16(33)11-29-15/h1,7-10,12,15-16,29,34H,4-6,11,13H2,2H3. The topological polar surface area (TPSA) is 66.2 Å². The van der Waals surface area contributed by atoms with Gasteiger partial charge in [0.1, 0.15) is 22.8 Å². The normalized spacial score (nSPS) is 20.1. The van der Waals surface area contributed by atoms with Gasteiger partial charge in [-0.3, -0.25) is 9.67 Å². The van der Waals surface area contributed by atoms with Crippen LogP contribution in [0.1, 0.15) is 24.8 Å². The number of hydrogen-bond acceptors (Lipinski definition) is 5. The van der Waals surface area contributed by atoms with E-state index in [0.717, 1.165) is 38.2 Å². The van der Waals surface area contributed by atoms with Crippen LogP contribution in [0, 0.1) is 24.0 Å². The van der Waals surface area contributed by atoms with Crippen LogP contribution in [0.4, 0.5) is 14.6 Å². The number of hydrogen-bond donors (Lipinski definition) is 2. The van der Waals surface area contributed by atoms with E-state index < -0.39 is 11.6 Å². The Labute approximate surface area is 195 Å². The van der Waals surface area contributed by atoms with Gasteiger partial charge in [-0.25, -0.2) is 8.78 Å². The van der Waals surface area contributed by atoms with Crippen LogP contribution in [0.3, 0.4) is 0 Å². The molecule has 3 saturated heterocycles. The van der Waals surface area contributed by atoms with E-state index in [2.05, 4.69) is 21.1 Å². The predicted octanol–water partition coefficient (Wildman–Crippen LogP) is 4.08. The summed E-state index contributed by atoms with van der Waals surface area (Å²) in [4.78, 5) is 6.73. The van der Waals surface area contributed by atoms with E-state index in [1.165, 1.54) is 28.9 Å². The molecule has 34 heavy (non-hydrogen) atoms. The highest BCUT2D eigenvalue weighted by atomic mass is 19.1. The molecule has 2 atom stereocenters. The molecule has 5 heterocycles. The Bertz CT molecular complexity index is 1500. The van der Waals surface area contributed by atoms with E-state index in [9.17, 15) is 9.50 Å². The third-order valence-electron chi connectivity index (χ3n) is 7.12. The highest BCUT2D eigenvalue weighted by molar-refractivity contribution is 6.03. The Morgan fingerprint density at radius 1 is 1.24 bits per heavy atom. The number of terminal acetylenes is 1. The summed E-state index contributed by atoms with van der Waals surface area (Å²) in [5.74, 6) is 1.83. The number of nitrogens with zero attached hydrogens (tertiary/aromatic N) is 4. The number of benzene rings is 2. The third kappa shape index (κ3) is 3.04. The van der Waals surface area contributed by atoms with Crippen LogP contribution in [-0.4, -0.2) is 45.0 Å². The van der Waals surface area contributed by atoms with Crippen molar-refractivity contribution in [2.45, 2.75) is 31.3 Å². The zero-order chi connectivity index (χ0) is 23.6. The van der Waals surface area contributed by atoms with Crippen molar-refractivity contribution in [1.82, 2.24) is 20.1 Å². The first kappa shape index (κ1) is 20.9. The van der Waals surface area contributed by atoms with E-state index in [-0.39, 0.29) is 22.6 Å². The number of phenolic OH excluding ortho intramolecular Hbond substituents is 1. The number of anilines is 1. The minimum absolute atomic E-state index is 0.00702. The maximum atomic E-state index is 16.1. The molecule has 2 aromatic heterocycles. The molecule has 8 heteroatoms. The van der Waals surface area contributed by atoms with E-state index in [1.807, 2.05) is 0 Å². The van der Waals surface area contributed by atoms with Gasteiger partial charge in [0.15, 0.2) is 11.6 Å². The molecule has 6 nitrogen and oxygen atoms in total. The average Bonchev–Trinajstić information content (AvgIpc) is 2.97. The second-order valence-corrected chi connectivity index (χ2v) is 9.13. The molecule has 0 aliphatic carbocycles. The predicted molar refractivity (Wildman–Crippen MR) is 128 cm³/mol. The molecule has 3 fully saturated rings. The van der Waals surface area contributed by atoms with Crippen molar-refractivity contribution in [2.24, 2.45) is 7.05 Å². The Hall–Kier alpha value is -3.70. The fraction of sp³-hybridized carbons (Fsp3) is 0.308. The molecule has 172 valence electrons. The summed E-state index contributed by atoms with van der Waals surface area (Å²) in [5.41, 5.74) is 0.544. The molecule has 0 saturated carbocycles. The second kappa shape index (κ2) is 7.67. The van der Waals surface area contributed by atoms with Crippen molar-refractivity contribution >= 4 is 27.5 Å². The zero-order valence-corrected chi connectivity index (χ0v) is 18.6. The second-order valence-electron chi connectivity index (χ2n) is 9.13. The van der Waals surface area contributed by atoms with E-state index >= 15 is 4.39 Å². The van der Waals surface area contributed by atoms with Gasteiger partial charge in [0, 0.05) is 49.4 Å². The largest absolute Gasteiger partial charge is 0.508 e. The number of rotatable bonds is 2. The molecule has 2 bridgehead atoms. The molecule has 0 spiro atoms. The molecule has 4 aromatic rings. The number of piperazine rings is 1. The van der Waals surface area contributed by atoms with Crippen LogP contribution in [0.25, 0.3) is 32.9 Å². The van der Waals surface area contributed by atoms with Gasteiger partial charge in [-0.15, -0.1) is 6.42 Å². The summed E-state index contributed by atoms with van der Waals surface area (Å²) in [5, 5.41) is 20.0. The summed E-state index contributed by atoms with van der Waals surface area (Å²) in [6, 6.07) is 6.29. The Morgan fingerprint density at radius 3 is 2.91 bits per heavy atom. The maximum absolute atomic E-state index is 16.1. The molecular weight excluding hydrogens is 436 g/mol. The maximum Gasteiger partial charge on any atom is 0.175 e. The summed E-state index contributed by atoms with van der Waals surface area (Å²) < 4.78 is 32.1. The van der Waals surface area contributed by atoms with E-state index in [0.29, 0.717) is 33.8 Å². The van der Waals surface area contributed by atoms with Gasteiger partial charge < -0.3 is 15.3 Å². The Morgan fingerprint density at radius 2 is 2.09 bits per heavy atom. The van der Waals surface area contributed by atoms with Crippen LogP contribution in [0.5, 0.6) is 5.75 Å². The molecule has 2 aromatic carbocycles. The number of fused-ring (bicyclic) bond motifs is 6. The molecule has 2 N–H and O–H groups in total. The first-order valence-corrected chi connectivity index (χ1v) is 11.4. The minimum Gasteiger partial charge on any atom is -0.508 e. The van der Waals surface area contributed by atoms with Gasteiger partial charge in [0.2, 0.25) is 0 Å². The SMILES string of the molecule is C#Cc1c(F)ccc2cc(O)cc(-c3ncc4c(N5CC6CCCC5CN6)nn(C)c4c3F)c12. The van der Waals surface area contributed by atoms with Crippen LogP contribution in [0.15, 0.2) is 30.5 Å². The monoisotopic (exact) mass is 459 g/mol. The Balaban J connectivity index is 1.57. The first-order chi connectivity index (χ1) is 16.5. The smallest absolute Gasteiger partial charge is 0.175 e. The number of aromatic nitrogens is 3. The third-order valence-corrected chi connectivity index (χ3v) is 7.12. The number of pyridine rings is 1. The van der Waals surface area contributed by atoms with Crippen molar-refractivity contribution in [3.63, 3.8) is 0 Å². The number of nitrogens with one attached hydrogen (secondary N) is 1. The number of phenols is 1. The average molecular weight is 460 g/mol. The number of aromatic hydroxyl groups is 1. The Kier molecular flexibility index (Phi) is 4.71. The van der Waals surface area contributed by atoms with E-state index in [4.69, 9.17) is 11.5 Å². The fourth-order valence-corrected chi connectivity index (χ4v) is 5.53. The van der Waals surface area contributed by atoms with E-state index in [1.54, 1.807) is 13.2 Å². The van der Waals surface area contributed by atoms with Crippen molar-refractivity contribution in [3.05, 3.63) is 47.7 Å². The van der Waals surface area contributed by atoms with Crippen molar-refractivity contribution in [1.29, 1.82) is 0 Å². The highest BCUT2D eigenvalue weighted by Crippen LogP contribution is 2.39. The molecule has 0 amide bonds. The molecule has 3 aliphatic rings. The lowest BCUT2D eigenvalue weighted by Gasteiger charge is -2.37. The number of halogens is 2. The summed E-state index contributed by atoms with van der Waals surface area (Å²) in [6.45, 7) is 1.70. The number of aryl methyl sites for hydroxylation is 1. The van der Waals surface area contributed by atoms with Crippen molar-refractivity contribution < 1.29 is 13.9 Å². The van der Waals surface area contributed by atoms with Crippen LogP contribution in [-0.2, 0) is 7.05 Å². The minimum atomic E-state index is -0.587. The van der Waals surface area contributed by atoms with Gasteiger partial charge in [-0.05, 0) is 42.8 Å². The zero-order valence-electron chi connectivity index (χ0n) is 18.6. The van der Waals surface area contributed by atoms with Gasteiger partial charge in [0.05, 0.1) is 10.9 Å². The van der Waals surface area contributed by atoms with Gasteiger partial charge in [-0.2, -0.15) is 5.10 Å². The van der Waals surface area contributed by atoms with Crippen LogP contribution >= 0.6 is 0 Å². The van der Waals surface area contributed by atoms with Crippen molar-refractivity contribution in [2.75, 3.05) is 18.0 Å². The quantitative estimate of drug-likeness (QED) is 0.442. The lowest BCUT2D eigenvalue weighted by atomic mass is 9.96. The lowest BCUT2D eigenvalue weighted by molar-refractivity contribution is 0.422.